The van der Waals surface area contributed by atoms with Gasteiger partial charge in [0.1, 0.15) is 11.4 Å². The lowest BCUT2D eigenvalue weighted by atomic mass is 10.0. The molecule has 2 rings (SSSR count). The Morgan fingerprint density at radius 1 is 0.183 bits per heavy atom. The van der Waals surface area contributed by atoms with Crippen molar-refractivity contribution in [1.82, 2.24) is 0 Å². The van der Waals surface area contributed by atoms with Gasteiger partial charge in [-0.2, -0.15) is 0 Å². The van der Waals surface area contributed by atoms with Gasteiger partial charge < -0.3 is 9.80 Å². The molecule has 2 nitrogen and oxygen atoms in total. The zero-order valence-electron chi connectivity index (χ0n) is 63.8. The number of hydrogen-bond acceptors (Lipinski definition) is 0. The van der Waals surface area contributed by atoms with Gasteiger partial charge in [-0.3, -0.25) is 0 Å². The summed E-state index contributed by atoms with van der Waals surface area (Å²) in [6.45, 7) is 15.4. The van der Waals surface area contributed by atoms with Gasteiger partial charge in [-0.05, 0) is 99.6 Å². The molecule has 93 heavy (non-hydrogen) atoms. The van der Waals surface area contributed by atoms with Crippen LogP contribution in [0.3, 0.4) is 0 Å². The number of nitrogens with one attached hydrogen (secondary N) is 2. The summed E-state index contributed by atoms with van der Waals surface area (Å²) in [7, 11) is 2.33. The average Bonchev–Trinajstić information content (AvgIpc) is 3.78. The van der Waals surface area contributed by atoms with Crippen LogP contribution in [0.4, 0.5) is 11.4 Å². The maximum Gasteiger partial charge on any atom is 0.131 e. The predicted molar refractivity (Wildman–Crippen MR) is 429 cm³/mol. The Morgan fingerprint density at radius 3 is 0.581 bits per heavy atom. The molecule has 2 aromatic rings. The average molecular weight is 1300 g/mol. The van der Waals surface area contributed by atoms with Gasteiger partial charge in [-0.25, -0.2) is 0 Å². The molecule has 0 aliphatic heterocycles. The lowest BCUT2D eigenvalue weighted by Crippen LogP contribution is -3.07. The fourth-order valence-corrected chi connectivity index (χ4v) is 14.4. The van der Waals surface area contributed by atoms with Crippen LogP contribution in [0.1, 0.15) is 484 Å². The van der Waals surface area contributed by atoms with E-state index < -0.39 is 0 Å². The molecule has 0 saturated heterocycles. The van der Waals surface area contributed by atoms with Crippen LogP contribution < -0.4 is 9.80 Å². The quantitative estimate of drug-likeness (QED) is 0.0611. The molecule has 0 amide bonds. The largest absolute Gasteiger partial charge is 0.305 e. The highest BCUT2D eigenvalue weighted by molar-refractivity contribution is 5.33. The molecular weight excluding hydrogens is 1120 g/mol. The van der Waals surface area contributed by atoms with E-state index >= 15 is 0 Å². The van der Waals surface area contributed by atoms with Gasteiger partial charge in [0.2, 0.25) is 0 Å². The van der Waals surface area contributed by atoms with Gasteiger partial charge in [-0.15, -0.1) is 0 Å². The van der Waals surface area contributed by atoms with Crippen LogP contribution in [-0.4, -0.2) is 26.7 Å². The highest BCUT2D eigenvalue weighted by atomic mass is 15.1. The highest BCUT2D eigenvalue weighted by Crippen LogP contribution is 2.20. The third-order valence-electron chi connectivity index (χ3n) is 21.0. The molecule has 0 bridgehead atoms. The van der Waals surface area contributed by atoms with Crippen LogP contribution in [0, 0.1) is 0 Å². The zero-order chi connectivity index (χ0) is 65.3. The van der Waals surface area contributed by atoms with Crippen LogP contribution in [0.5, 0.6) is 0 Å². The minimum Gasteiger partial charge on any atom is -0.305 e. The summed E-state index contributed by atoms with van der Waals surface area (Å²) >= 11 is 0. The summed E-state index contributed by atoms with van der Waals surface area (Å²) in [5, 5.41) is 0. The van der Waals surface area contributed by atoms with Crippen molar-refractivity contribution in [3.8, 4) is 0 Å². The van der Waals surface area contributed by atoms with E-state index in [4.69, 9.17) is 0 Å². The van der Waals surface area contributed by atoms with E-state index in [0.717, 1.165) is 0 Å². The normalized spacial score (nSPS) is 11.7. The van der Waals surface area contributed by atoms with Crippen molar-refractivity contribution in [3.05, 3.63) is 59.7 Å². The van der Waals surface area contributed by atoms with Gasteiger partial charge in [0, 0.05) is 0 Å². The monoisotopic (exact) mass is 1300 g/mol. The second-order valence-electron chi connectivity index (χ2n) is 30.1. The van der Waals surface area contributed by atoms with Gasteiger partial charge in [0.15, 0.2) is 0 Å². The maximum atomic E-state index is 2.51. The van der Waals surface area contributed by atoms with Crippen molar-refractivity contribution in [3.63, 3.8) is 0 Å². The summed E-state index contributed by atoms with van der Waals surface area (Å²) in [5.41, 5.74) is 6.09. The summed E-state index contributed by atoms with van der Waals surface area (Å²) in [6.07, 6.45) is 98.0. The highest BCUT2D eigenvalue weighted by Gasteiger charge is 2.13. The van der Waals surface area contributed by atoms with Gasteiger partial charge in [0.25, 0.3) is 0 Å². The number of quaternary nitrogens is 2. The van der Waals surface area contributed by atoms with Gasteiger partial charge in [-0.1, -0.05) is 446 Å². The Labute approximate surface area is 590 Å². The number of hydrogen-bond donors (Lipinski definition) is 2. The second-order valence-corrected chi connectivity index (χ2v) is 30.1. The molecule has 2 N–H and O–H groups in total. The van der Waals surface area contributed by atoms with E-state index in [0.29, 0.717) is 0 Å². The lowest BCUT2D eigenvalue weighted by Gasteiger charge is -2.20. The first-order chi connectivity index (χ1) is 45.1. The first kappa shape index (κ1) is 93.4. The van der Waals surface area contributed by atoms with Crippen LogP contribution in [0.2, 0.25) is 0 Å². The summed E-state index contributed by atoms with van der Waals surface area (Å²) in [4.78, 5) is 3.34. The van der Waals surface area contributed by atoms with Crippen molar-refractivity contribution >= 4 is 11.4 Å². The Hall–Kier alpha value is -1.64. The topological polar surface area (TPSA) is 8.88 Å². The van der Waals surface area contributed by atoms with E-state index in [-0.39, 0.29) is 14.9 Å². The van der Waals surface area contributed by atoms with Crippen LogP contribution in [-0.2, 0) is 12.8 Å². The SMILES string of the molecule is C.C.CCCCCCCCCCCCCCCCCC[NH+](C)c1ccc(CCCC)cc1.CCCCCCCCCCCCCCCCCCc1ccc([NH+](CCCCCCCCCCCCCCCCCC)CCCCCCCCCCCCCCCCCC)cc1. The number of rotatable bonds is 73. The first-order valence-electron chi connectivity index (χ1n) is 42.9. The van der Waals surface area contributed by atoms with E-state index in [1.165, 1.54) is 468 Å². The molecule has 0 radical (unpaired) electrons. The smallest absolute Gasteiger partial charge is 0.131 e. The first-order valence-corrected chi connectivity index (χ1v) is 42.9. The van der Waals surface area contributed by atoms with Crippen molar-refractivity contribution in [1.29, 1.82) is 0 Å². The lowest BCUT2D eigenvalue weighted by molar-refractivity contribution is -0.833. The number of aryl methyl sites for hydroxylation is 2. The summed E-state index contributed by atoms with van der Waals surface area (Å²) in [5.74, 6) is 0. The summed E-state index contributed by atoms with van der Waals surface area (Å²) in [6, 6.07) is 19.3. The zero-order valence-corrected chi connectivity index (χ0v) is 63.8. The second kappa shape index (κ2) is 79.3. The van der Waals surface area contributed by atoms with Crippen molar-refractivity contribution in [2.75, 3.05) is 26.7 Å². The standard InChI is InChI=1S/C60H115N.C29H53N.2CH4/c1-4-7-10-13-16-19-22-25-28-31-34-37-40-43-46-49-52-59-53-55-60(56-54-59)61(57-50-47-44-41-38-35-32-29-26-23-20-17-14-11-8-5-2)58-51-48-45-42-39-36-33-30-27-24-21-18-15-12-9-6-3;1-4-6-8-9-10-11-12-13-14-15-16-17-18-19-20-21-27-30(3)29-25-23-28(24-26-29)22-7-5-2;;/h53-56H,4-52,57-58H2,1-3H3;23-26H,4-22,27H2,1-3H3;2*1H4/p+2. The maximum absolute atomic E-state index is 2.51. The van der Waals surface area contributed by atoms with Gasteiger partial charge >= 0.3 is 0 Å². The molecule has 0 spiro atoms. The minimum atomic E-state index is 0. The van der Waals surface area contributed by atoms with Gasteiger partial charge in [0.05, 0.1) is 26.7 Å². The predicted octanol–water partition coefficient (Wildman–Crippen LogP) is 30.2. The van der Waals surface area contributed by atoms with E-state index in [1.54, 1.807) is 21.1 Å². The molecule has 0 saturated carbocycles. The Kier molecular flexibility index (Phi) is 79.7. The molecule has 0 aliphatic carbocycles. The Morgan fingerprint density at radius 2 is 0.355 bits per heavy atom. The van der Waals surface area contributed by atoms with E-state index in [1.807, 2.05) is 0 Å². The minimum absolute atomic E-state index is 0. The molecule has 2 aromatic carbocycles. The molecule has 0 aliphatic rings. The molecular formula is C91H178N2+2. The van der Waals surface area contributed by atoms with E-state index in [2.05, 4.69) is 90.2 Å². The molecule has 2 heteroatoms. The van der Waals surface area contributed by atoms with E-state index in [9.17, 15) is 0 Å². The molecule has 1 unspecified atom stereocenters. The summed E-state index contributed by atoms with van der Waals surface area (Å²) < 4.78 is 0. The molecule has 1 atom stereocenters. The van der Waals surface area contributed by atoms with Crippen molar-refractivity contribution in [2.45, 2.75) is 486 Å². The van der Waals surface area contributed by atoms with Crippen molar-refractivity contribution < 1.29 is 9.80 Å². The Balaban J connectivity index is 0. The Bertz CT molecular complexity index is 1580. The van der Waals surface area contributed by atoms with Crippen LogP contribution in [0.25, 0.3) is 0 Å². The number of benzene rings is 2. The molecule has 0 heterocycles. The third-order valence-corrected chi connectivity index (χ3v) is 21.0. The fourth-order valence-electron chi connectivity index (χ4n) is 14.4. The van der Waals surface area contributed by atoms with Crippen LogP contribution in [0.15, 0.2) is 48.5 Å². The van der Waals surface area contributed by atoms with Crippen molar-refractivity contribution in [2.24, 2.45) is 0 Å². The number of unbranched alkanes of at least 4 members (excludes halogenated alkanes) is 61. The fraction of sp³-hybridized carbons (Fsp3) is 0.868. The van der Waals surface area contributed by atoms with Crippen LogP contribution >= 0.6 is 0 Å². The molecule has 0 aromatic heterocycles. The third kappa shape index (κ3) is 67.3. The molecule has 550 valence electrons. The molecule has 0 fully saturated rings.